The first kappa shape index (κ1) is 20.5. The van der Waals surface area contributed by atoms with E-state index in [1.54, 1.807) is 0 Å². The predicted molar refractivity (Wildman–Crippen MR) is 127 cm³/mol. The summed E-state index contributed by atoms with van der Waals surface area (Å²) in [6.45, 7) is 2.94. The van der Waals surface area contributed by atoms with Crippen molar-refractivity contribution in [2.45, 2.75) is 6.54 Å². The van der Waals surface area contributed by atoms with Gasteiger partial charge in [0.25, 0.3) is 5.91 Å². The van der Waals surface area contributed by atoms with Gasteiger partial charge in [0, 0.05) is 41.4 Å². The van der Waals surface area contributed by atoms with Crippen molar-refractivity contribution in [1.82, 2.24) is 9.47 Å². The first-order valence-electron chi connectivity index (χ1n) is 10.5. The molecule has 0 unspecified atom stereocenters. The van der Waals surface area contributed by atoms with Gasteiger partial charge in [-0.1, -0.05) is 36.4 Å². The summed E-state index contributed by atoms with van der Waals surface area (Å²) in [7, 11) is 0. The van der Waals surface area contributed by atoms with E-state index in [4.69, 9.17) is 4.74 Å². The molecule has 0 aliphatic carbocycles. The number of aromatic nitrogens is 1. The molecule has 1 fully saturated rings. The summed E-state index contributed by atoms with van der Waals surface area (Å²) >= 11 is 1.40. The second-order valence-electron chi connectivity index (χ2n) is 7.55. The molecule has 1 N–H and O–H groups in total. The maximum Gasteiger partial charge on any atom is 0.286 e. The fraction of sp³-hybridized carbons (Fsp3) is 0.208. The van der Waals surface area contributed by atoms with E-state index in [0.29, 0.717) is 18.1 Å². The zero-order chi connectivity index (χ0) is 21.9. The third-order valence-electron chi connectivity index (χ3n) is 5.37. The number of carbonyl (C=O) groups is 2. The highest BCUT2D eigenvalue weighted by molar-refractivity contribution is 8.18. The van der Waals surface area contributed by atoms with Crippen molar-refractivity contribution in [3.63, 3.8) is 0 Å². The van der Waals surface area contributed by atoms with Crippen LogP contribution in [0.3, 0.4) is 0 Å². The van der Waals surface area contributed by atoms with Crippen molar-refractivity contribution in [3.8, 4) is 0 Å². The Balaban J connectivity index is 1.38. The lowest BCUT2D eigenvalue weighted by atomic mass is 10.1. The van der Waals surface area contributed by atoms with E-state index in [9.17, 15) is 9.59 Å². The Morgan fingerprint density at radius 1 is 1.09 bits per heavy atom. The van der Waals surface area contributed by atoms with Crippen molar-refractivity contribution in [2.75, 3.05) is 31.6 Å². The minimum atomic E-state index is -0.227. The number of benzene rings is 2. The van der Waals surface area contributed by atoms with Crippen LogP contribution in [-0.2, 0) is 20.9 Å². The molecule has 162 valence electrons. The highest BCUT2D eigenvalue weighted by Gasteiger charge is 2.27. The lowest BCUT2D eigenvalue weighted by Gasteiger charge is -2.27. The number of amides is 2. The average molecular weight is 447 g/mol. The highest BCUT2D eigenvalue weighted by Crippen LogP contribution is 2.33. The molecule has 2 aliphatic rings. The average Bonchev–Trinajstić information content (AvgIpc) is 3.36. The molecule has 0 spiro atoms. The van der Waals surface area contributed by atoms with Gasteiger partial charge in [0.1, 0.15) is 6.54 Å². The zero-order valence-corrected chi connectivity index (χ0v) is 18.2. The van der Waals surface area contributed by atoms with Crippen LogP contribution in [0.4, 0.5) is 5.69 Å². The molecular weight excluding hydrogens is 424 g/mol. The van der Waals surface area contributed by atoms with Crippen LogP contribution in [0, 0.1) is 0 Å². The number of nitrogens with zero attached hydrogens (tertiary/aromatic N) is 3. The summed E-state index contributed by atoms with van der Waals surface area (Å²) in [4.78, 5) is 32.1. The number of anilines is 1. The van der Waals surface area contributed by atoms with Crippen LogP contribution < -0.4 is 5.32 Å². The minimum Gasteiger partial charge on any atom is -0.378 e. The largest absolute Gasteiger partial charge is 0.378 e. The first-order valence-corrected chi connectivity index (χ1v) is 11.3. The molecule has 0 radical (unpaired) electrons. The van der Waals surface area contributed by atoms with Gasteiger partial charge in [-0.3, -0.25) is 9.59 Å². The summed E-state index contributed by atoms with van der Waals surface area (Å²) in [6.07, 6.45) is 3.79. The Morgan fingerprint density at radius 3 is 2.66 bits per heavy atom. The van der Waals surface area contributed by atoms with Crippen LogP contribution >= 0.6 is 11.8 Å². The molecule has 2 amide bonds. The smallest absolute Gasteiger partial charge is 0.286 e. The predicted octanol–water partition coefficient (Wildman–Crippen LogP) is 3.58. The number of ether oxygens (including phenoxy) is 1. The SMILES string of the molecule is O=C(Cn1cc(/C=C2/SC(N3CCOCC3)=NC2=O)c2ccccc21)Nc1ccccc1. The van der Waals surface area contributed by atoms with Crippen LogP contribution in [0.5, 0.6) is 0 Å². The summed E-state index contributed by atoms with van der Waals surface area (Å²) in [6, 6.07) is 17.3. The Labute approximate surface area is 189 Å². The molecule has 3 aromatic rings. The normalized spacial score (nSPS) is 17.8. The third-order valence-corrected chi connectivity index (χ3v) is 6.41. The minimum absolute atomic E-state index is 0.111. The van der Waals surface area contributed by atoms with Gasteiger partial charge in [-0.25, -0.2) is 0 Å². The van der Waals surface area contributed by atoms with E-state index < -0.39 is 0 Å². The van der Waals surface area contributed by atoms with E-state index in [0.717, 1.165) is 40.4 Å². The Hall–Kier alpha value is -3.36. The number of rotatable bonds is 4. The molecular formula is C24H22N4O3S. The Bertz CT molecular complexity index is 1230. The number of carbonyl (C=O) groups excluding carboxylic acids is 2. The van der Waals surface area contributed by atoms with Crippen molar-refractivity contribution in [2.24, 2.45) is 4.99 Å². The second kappa shape index (κ2) is 9.02. The number of thioether (sulfide) groups is 1. The first-order chi connectivity index (χ1) is 15.7. The van der Waals surface area contributed by atoms with Gasteiger partial charge >= 0.3 is 0 Å². The lowest BCUT2D eigenvalue weighted by molar-refractivity contribution is -0.116. The zero-order valence-electron chi connectivity index (χ0n) is 17.4. The summed E-state index contributed by atoms with van der Waals surface area (Å²) in [5, 5.41) is 4.64. The van der Waals surface area contributed by atoms with Crippen LogP contribution in [0.25, 0.3) is 17.0 Å². The van der Waals surface area contributed by atoms with Crippen molar-refractivity contribution >= 4 is 51.4 Å². The van der Waals surface area contributed by atoms with Gasteiger partial charge in [-0.2, -0.15) is 4.99 Å². The highest BCUT2D eigenvalue weighted by atomic mass is 32.2. The molecule has 8 heteroatoms. The quantitative estimate of drug-likeness (QED) is 0.620. The molecule has 3 heterocycles. The fourth-order valence-corrected chi connectivity index (χ4v) is 4.78. The number of morpholine rings is 1. The van der Waals surface area contributed by atoms with Gasteiger partial charge in [0.15, 0.2) is 5.17 Å². The molecule has 0 atom stereocenters. The number of para-hydroxylation sites is 2. The molecule has 5 rings (SSSR count). The summed E-state index contributed by atoms with van der Waals surface area (Å²) in [5.74, 6) is -0.337. The van der Waals surface area contributed by atoms with Gasteiger partial charge in [-0.05, 0) is 36.0 Å². The number of fused-ring (bicyclic) bond motifs is 1. The number of hydrogen-bond donors (Lipinski definition) is 1. The fourth-order valence-electron chi connectivity index (χ4n) is 3.83. The molecule has 0 saturated carbocycles. The van der Waals surface area contributed by atoms with Gasteiger partial charge in [0.05, 0.1) is 18.1 Å². The Morgan fingerprint density at radius 2 is 1.84 bits per heavy atom. The van der Waals surface area contributed by atoms with Gasteiger partial charge < -0.3 is 19.5 Å². The number of hydrogen-bond acceptors (Lipinski definition) is 5. The van der Waals surface area contributed by atoms with E-state index in [1.807, 2.05) is 71.4 Å². The van der Waals surface area contributed by atoms with Gasteiger partial charge in [0.2, 0.25) is 5.91 Å². The van der Waals surface area contributed by atoms with E-state index >= 15 is 0 Å². The van der Waals surface area contributed by atoms with Crippen LogP contribution in [0.15, 0.2) is 70.7 Å². The second-order valence-corrected chi connectivity index (χ2v) is 8.56. The third kappa shape index (κ3) is 4.32. The number of amidine groups is 1. The van der Waals surface area contributed by atoms with E-state index in [2.05, 4.69) is 15.2 Å². The molecule has 32 heavy (non-hydrogen) atoms. The maximum atomic E-state index is 12.6. The van der Waals surface area contributed by atoms with Crippen molar-refractivity contribution in [3.05, 3.63) is 71.3 Å². The number of aliphatic imine (C=N–C) groups is 1. The number of nitrogens with one attached hydrogen (secondary N) is 1. The molecule has 2 aliphatic heterocycles. The standard InChI is InChI=1S/C24H22N4O3S/c29-22(25-18-6-2-1-3-7-18)16-28-15-17(19-8-4-5-9-20(19)28)14-21-23(30)26-24(32-21)27-10-12-31-13-11-27/h1-9,14-15H,10-13,16H2,(H,25,29)/b21-14+. The molecule has 7 nitrogen and oxygen atoms in total. The van der Waals surface area contributed by atoms with Crippen molar-refractivity contribution < 1.29 is 14.3 Å². The van der Waals surface area contributed by atoms with E-state index in [-0.39, 0.29) is 18.4 Å². The van der Waals surface area contributed by atoms with Crippen LogP contribution in [0.2, 0.25) is 0 Å². The maximum absolute atomic E-state index is 12.6. The topological polar surface area (TPSA) is 75.9 Å². The molecule has 1 saturated heterocycles. The monoisotopic (exact) mass is 446 g/mol. The molecule has 1 aromatic heterocycles. The molecule has 0 bridgehead atoms. The van der Waals surface area contributed by atoms with Crippen LogP contribution in [0.1, 0.15) is 5.56 Å². The Kier molecular flexibility index (Phi) is 5.79. The summed E-state index contributed by atoms with van der Waals surface area (Å²) < 4.78 is 7.30. The van der Waals surface area contributed by atoms with Crippen molar-refractivity contribution in [1.29, 1.82) is 0 Å². The van der Waals surface area contributed by atoms with E-state index in [1.165, 1.54) is 11.8 Å². The lowest BCUT2D eigenvalue weighted by Crippen LogP contribution is -2.38. The molecule has 2 aromatic carbocycles. The van der Waals surface area contributed by atoms with Gasteiger partial charge in [-0.15, -0.1) is 0 Å². The van der Waals surface area contributed by atoms with Crippen LogP contribution in [-0.4, -0.2) is 52.8 Å². The summed E-state index contributed by atoms with van der Waals surface area (Å²) in [5.41, 5.74) is 2.59.